The van der Waals surface area contributed by atoms with E-state index < -0.39 is 9.05 Å². The monoisotopic (exact) mass is 254 g/mol. The quantitative estimate of drug-likeness (QED) is 0.732. The summed E-state index contributed by atoms with van der Waals surface area (Å²) in [6.45, 7) is 0. The summed E-state index contributed by atoms with van der Waals surface area (Å²) < 4.78 is 21.2. The summed E-state index contributed by atoms with van der Waals surface area (Å²) in [7, 11) is 1.50. The summed E-state index contributed by atoms with van der Waals surface area (Å²) in [6, 6.07) is 19.9. The van der Waals surface area contributed by atoms with Gasteiger partial charge in [-0.3, -0.25) is 0 Å². The highest BCUT2D eigenvalue weighted by Gasteiger charge is 2.06. The Morgan fingerprint density at radius 2 is 1.00 bits per heavy atom. The highest BCUT2D eigenvalue weighted by molar-refractivity contribution is 8.13. The van der Waals surface area contributed by atoms with Crippen LogP contribution in [0, 0.1) is 0 Å². The molecule has 4 heteroatoms. The molecule has 84 valence electrons. The maximum absolute atomic E-state index is 10.6. The van der Waals surface area contributed by atoms with Crippen LogP contribution in [0.15, 0.2) is 71.6 Å². The zero-order valence-electron chi connectivity index (χ0n) is 8.45. The molecule has 2 nitrogen and oxygen atoms in total. The van der Waals surface area contributed by atoms with E-state index in [4.69, 9.17) is 10.7 Å². The van der Waals surface area contributed by atoms with E-state index in [0.29, 0.717) is 0 Å². The molecule has 2 aromatic rings. The number of benzene rings is 2. The molecule has 0 heterocycles. The largest absolute Gasteiger partial charge is 0.261 e. The van der Waals surface area contributed by atoms with E-state index in [9.17, 15) is 8.42 Å². The van der Waals surface area contributed by atoms with E-state index in [1.54, 1.807) is 18.2 Å². The van der Waals surface area contributed by atoms with Crippen molar-refractivity contribution in [2.75, 3.05) is 0 Å². The van der Waals surface area contributed by atoms with Crippen molar-refractivity contribution in [3.05, 3.63) is 66.7 Å². The van der Waals surface area contributed by atoms with Gasteiger partial charge in [0.2, 0.25) is 0 Å². The van der Waals surface area contributed by atoms with Gasteiger partial charge in [0.15, 0.2) is 0 Å². The topological polar surface area (TPSA) is 34.1 Å². The predicted octanol–water partition coefficient (Wildman–Crippen LogP) is 3.30. The molecule has 0 spiro atoms. The Kier molecular flexibility index (Phi) is 5.02. The van der Waals surface area contributed by atoms with Gasteiger partial charge in [0.25, 0.3) is 9.05 Å². The Morgan fingerprint density at radius 3 is 1.25 bits per heavy atom. The van der Waals surface area contributed by atoms with Gasteiger partial charge in [-0.05, 0) is 12.1 Å². The first-order chi connectivity index (χ1) is 7.61. The van der Waals surface area contributed by atoms with Crippen LogP contribution >= 0.6 is 10.7 Å². The summed E-state index contributed by atoms with van der Waals surface area (Å²) in [5.74, 6) is 0. The molecule has 0 aliphatic rings. The molecule has 0 bridgehead atoms. The minimum absolute atomic E-state index is 0.136. The summed E-state index contributed by atoms with van der Waals surface area (Å²) in [5, 5.41) is 0. The highest BCUT2D eigenvalue weighted by Crippen LogP contribution is 2.12. The minimum atomic E-state index is -3.53. The molecule has 0 radical (unpaired) electrons. The molecule has 0 unspecified atom stereocenters. The van der Waals surface area contributed by atoms with E-state index in [-0.39, 0.29) is 4.90 Å². The molecular formula is C12H11ClO2S. The predicted molar refractivity (Wildman–Crippen MR) is 65.9 cm³/mol. The average Bonchev–Trinajstić information content (AvgIpc) is 2.32. The Bertz CT molecular complexity index is 468. The third-order valence-corrected chi connectivity index (χ3v) is 3.06. The molecule has 0 N–H and O–H groups in total. The zero-order chi connectivity index (χ0) is 11.9. The lowest BCUT2D eigenvalue weighted by Gasteiger charge is -1.91. The number of rotatable bonds is 1. The van der Waals surface area contributed by atoms with Gasteiger partial charge in [0.1, 0.15) is 0 Å². The van der Waals surface area contributed by atoms with Crippen LogP contribution in [-0.2, 0) is 9.05 Å². The van der Waals surface area contributed by atoms with Gasteiger partial charge >= 0.3 is 0 Å². The van der Waals surface area contributed by atoms with Gasteiger partial charge in [0, 0.05) is 10.7 Å². The molecule has 0 fully saturated rings. The Hall–Kier alpha value is -1.32. The number of halogens is 1. The maximum Gasteiger partial charge on any atom is 0.261 e. The van der Waals surface area contributed by atoms with Gasteiger partial charge in [-0.2, -0.15) is 0 Å². The van der Waals surface area contributed by atoms with Crippen LogP contribution in [0.2, 0.25) is 0 Å². The number of hydrogen-bond acceptors (Lipinski definition) is 2. The molecule has 0 aromatic heterocycles. The van der Waals surface area contributed by atoms with Crippen molar-refractivity contribution in [3.8, 4) is 0 Å². The Labute approximate surface area is 99.9 Å². The number of hydrogen-bond donors (Lipinski definition) is 0. The van der Waals surface area contributed by atoms with Crippen molar-refractivity contribution in [3.63, 3.8) is 0 Å². The molecule has 0 saturated heterocycles. The van der Waals surface area contributed by atoms with Crippen LogP contribution in [0.1, 0.15) is 0 Å². The summed E-state index contributed by atoms with van der Waals surface area (Å²) >= 11 is 0. The van der Waals surface area contributed by atoms with E-state index in [1.165, 1.54) is 12.1 Å². The fraction of sp³-hybridized carbons (Fsp3) is 0. The average molecular weight is 255 g/mol. The first-order valence-corrected chi connectivity index (χ1v) is 6.91. The van der Waals surface area contributed by atoms with Crippen molar-refractivity contribution in [1.29, 1.82) is 0 Å². The third kappa shape index (κ3) is 4.96. The van der Waals surface area contributed by atoms with Crippen molar-refractivity contribution in [2.24, 2.45) is 0 Å². The van der Waals surface area contributed by atoms with Crippen LogP contribution in [0.4, 0.5) is 0 Å². The van der Waals surface area contributed by atoms with Crippen molar-refractivity contribution < 1.29 is 8.42 Å². The standard InChI is InChI=1S/C6H5ClO2S.C6H6/c7-10(8,9)6-4-2-1-3-5-6;1-2-4-6-5-3-1/h1-5H;1-6H. The zero-order valence-corrected chi connectivity index (χ0v) is 10.0. The maximum atomic E-state index is 10.6. The summed E-state index contributed by atoms with van der Waals surface area (Å²) in [6.07, 6.45) is 0. The molecule has 0 aliphatic carbocycles. The minimum Gasteiger partial charge on any atom is -0.207 e. The van der Waals surface area contributed by atoms with Crippen LogP contribution in [0.5, 0.6) is 0 Å². The Balaban J connectivity index is 0.000000181. The molecular weight excluding hydrogens is 244 g/mol. The van der Waals surface area contributed by atoms with Crippen molar-refractivity contribution >= 4 is 19.7 Å². The third-order valence-electron chi connectivity index (χ3n) is 1.69. The lowest BCUT2D eigenvalue weighted by atomic mass is 10.4. The first kappa shape index (κ1) is 12.7. The van der Waals surface area contributed by atoms with Gasteiger partial charge in [0.05, 0.1) is 4.90 Å². The second-order valence-corrected chi connectivity index (χ2v) is 5.47. The van der Waals surface area contributed by atoms with Crippen LogP contribution in [-0.4, -0.2) is 8.42 Å². The smallest absolute Gasteiger partial charge is 0.207 e. The van der Waals surface area contributed by atoms with Crippen LogP contribution in [0.3, 0.4) is 0 Å². The van der Waals surface area contributed by atoms with E-state index in [0.717, 1.165) is 0 Å². The van der Waals surface area contributed by atoms with Gasteiger partial charge in [-0.1, -0.05) is 54.6 Å². The molecule has 0 saturated carbocycles. The molecule has 0 amide bonds. The lowest BCUT2D eigenvalue weighted by Crippen LogP contribution is -1.87. The van der Waals surface area contributed by atoms with Gasteiger partial charge in [-0.15, -0.1) is 0 Å². The van der Waals surface area contributed by atoms with Crippen molar-refractivity contribution in [2.45, 2.75) is 4.90 Å². The molecule has 0 aliphatic heterocycles. The molecule has 2 aromatic carbocycles. The fourth-order valence-corrected chi connectivity index (χ4v) is 1.76. The second kappa shape index (κ2) is 6.30. The molecule has 16 heavy (non-hydrogen) atoms. The lowest BCUT2D eigenvalue weighted by molar-refractivity contribution is 0.609. The van der Waals surface area contributed by atoms with Gasteiger partial charge < -0.3 is 0 Å². The molecule has 2 rings (SSSR count). The summed E-state index contributed by atoms with van der Waals surface area (Å²) in [5.41, 5.74) is 0. The van der Waals surface area contributed by atoms with Crippen LogP contribution in [0.25, 0.3) is 0 Å². The highest BCUT2D eigenvalue weighted by atomic mass is 35.7. The molecule has 0 atom stereocenters. The van der Waals surface area contributed by atoms with Crippen LogP contribution < -0.4 is 0 Å². The van der Waals surface area contributed by atoms with E-state index >= 15 is 0 Å². The van der Waals surface area contributed by atoms with E-state index in [2.05, 4.69) is 0 Å². The van der Waals surface area contributed by atoms with Gasteiger partial charge in [-0.25, -0.2) is 8.42 Å². The van der Waals surface area contributed by atoms with Crippen molar-refractivity contribution in [1.82, 2.24) is 0 Å². The Morgan fingerprint density at radius 1 is 0.688 bits per heavy atom. The van der Waals surface area contributed by atoms with E-state index in [1.807, 2.05) is 36.4 Å². The second-order valence-electron chi connectivity index (χ2n) is 2.91. The summed E-state index contributed by atoms with van der Waals surface area (Å²) in [4.78, 5) is 0.136. The first-order valence-electron chi connectivity index (χ1n) is 4.60. The fourth-order valence-electron chi connectivity index (χ4n) is 0.968. The normalized spacial score (nSPS) is 10.1. The SMILES string of the molecule is O=S(=O)(Cl)c1ccccc1.c1ccccc1.